The minimum atomic E-state index is -1.38. The molecule has 3 rings (SSSR count). The number of nitrogens with one attached hydrogen (secondary N) is 2. The van der Waals surface area contributed by atoms with Crippen LogP contribution in [0.3, 0.4) is 0 Å². The molecule has 1 saturated carbocycles. The molecule has 1 aliphatic carbocycles. The molecule has 1 aliphatic rings. The number of H-pyrrole nitrogens is 1. The van der Waals surface area contributed by atoms with Crippen LogP contribution in [0.5, 0.6) is 11.5 Å². The van der Waals surface area contributed by atoms with E-state index < -0.39 is 12.0 Å². The van der Waals surface area contributed by atoms with Crippen molar-refractivity contribution in [1.82, 2.24) is 10.2 Å². The van der Waals surface area contributed by atoms with E-state index in [1.54, 1.807) is 6.07 Å². The van der Waals surface area contributed by atoms with Gasteiger partial charge >= 0.3 is 0 Å². The van der Waals surface area contributed by atoms with Crippen LogP contribution < -0.4 is 10.1 Å². The highest BCUT2D eigenvalue weighted by molar-refractivity contribution is 5.94. The fourth-order valence-corrected chi connectivity index (χ4v) is 2.21. The Morgan fingerprint density at radius 3 is 2.91 bits per heavy atom. The molecule has 1 amide bonds. The number of hydrogen-bond acceptors (Lipinski definition) is 5. The average molecular weight is 303 g/mol. The zero-order valence-corrected chi connectivity index (χ0v) is 12.0. The molecular weight excluding hydrogens is 286 g/mol. The molecule has 1 aromatic carbocycles. The number of ether oxygens (including phenoxy) is 1. The minimum Gasteiger partial charge on any atom is -0.504 e. The van der Waals surface area contributed by atoms with Gasteiger partial charge in [0, 0.05) is 17.7 Å². The molecule has 0 bridgehead atoms. The number of aliphatic hydroxyl groups excluding tert-OH is 1. The SMILES string of the molecule is COc1cc(C(O)C(=O)Nc2cc(C3CC3)[nH]n2)ccc1O. The van der Waals surface area contributed by atoms with Gasteiger partial charge in [0.05, 0.1) is 7.11 Å². The number of aliphatic hydroxyl groups is 1. The van der Waals surface area contributed by atoms with Gasteiger partial charge in [-0.3, -0.25) is 9.89 Å². The maximum atomic E-state index is 12.1. The molecule has 1 heterocycles. The lowest BCUT2D eigenvalue weighted by Gasteiger charge is -2.12. The first-order chi connectivity index (χ1) is 10.6. The van der Waals surface area contributed by atoms with Crippen molar-refractivity contribution in [2.24, 2.45) is 0 Å². The summed E-state index contributed by atoms with van der Waals surface area (Å²) >= 11 is 0. The molecule has 4 N–H and O–H groups in total. The molecule has 7 heteroatoms. The predicted molar refractivity (Wildman–Crippen MR) is 78.8 cm³/mol. The lowest BCUT2D eigenvalue weighted by Crippen LogP contribution is -2.21. The summed E-state index contributed by atoms with van der Waals surface area (Å²) in [5.74, 6) is 0.433. The van der Waals surface area contributed by atoms with E-state index in [4.69, 9.17) is 4.74 Å². The molecule has 1 fully saturated rings. The normalized spacial score (nSPS) is 15.4. The maximum absolute atomic E-state index is 12.1. The van der Waals surface area contributed by atoms with Crippen LogP contribution in [0.4, 0.5) is 5.82 Å². The number of aromatic nitrogens is 2. The number of phenolic OH excluding ortho intramolecular Hbond substituents is 1. The first-order valence-electron chi connectivity index (χ1n) is 6.99. The number of amides is 1. The summed E-state index contributed by atoms with van der Waals surface area (Å²) < 4.78 is 4.96. The molecule has 1 unspecified atom stereocenters. The molecule has 1 atom stereocenters. The van der Waals surface area contributed by atoms with Gasteiger partial charge in [-0.25, -0.2) is 0 Å². The van der Waals surface area contributed by atoms with Crippen LogP contribution in [0, 0.1) is 0 Å². The van der Waals surface area contributed by atoms with E-state index in [2.05, 4.69) is 15.5 Å². The Bertz CT molecular complexity index is 694. The van der Waals surface area contributed by atoms with Crippen LogP contribution in [0.15, 0.2) is 24.3 Å². The molecule has 1 aromatic heterocycles. The van der Waals surface area contributed by atoms with Gasteiger partial charge in [-0.15, -0.1) is 0 Å². The standard InChI is InChI=1S/C15H17N3O4/c1-22-12-6-9(4-5-11(12)19)14(20)15(21)16-13-7-10(17-18-13)8-2-3-8/h4-8,14,19-20H,2-3H2,1H3,(H2,16,17,18,21). The highest BCUT2D eigenvalue weighted by atomic mass is 16.5. The van der Waals surface area contributed by atoms with Gasteiger partial charge in [0.15, 0.2) is 23.4 Å². The number of carbonyl (C=O) groups is 1. The Balaban J connectivity index is 1.70. The van der Waals surface area contributed by atoms with E-state index in [0.717, 1.165) is 18.5 Å². The van der Waals surface area contributed by atoms with Gasteiger partial charge in [-0.1, -0.05) is 6.07 Å². The summed E-state index contributed by atoms with van der Waals surface area (Å²) in [6.07, 6.45) is 0.882. The van der Waals surface area contributed by atoms with Gasteiger partial charge < -0.3 is 20.3 Å². The number of phenols is 1. The highest BCUT2D eigenvalue weighted by Gasteiger charge is 2.26. The van der Waals surface area contributed by atoms with E-state index >= 15 is 0 Å². The molecule has 0 radical (unpaired) electrons. The van der Waals surface area contributed by atoms with Crippen molar-refractivity contribution in [2.75, 3.05) is 12.4 Å². The summed E-state index contributed by atoms with van der Waals surface area (Å²) in [5.41, 5.74) is 1.32. The van der Waals surface area contributed by atoms with Crippen LogP contribution in [0.2, 0.25) is 0 Å². The van der Waals surface area contributed by atoms with E-state index in [0.29, 0.717) is 17.3 Å². The van der Waals surface area contributed by atoms with Crippen LogP contribution in [-0.4, -0.2) is 33.4 Å². The minimum absolute atomic E-state index is 0.0553. The third kappa shape index (κ3) is 2.89. The first kappa shape index (κ1) is 14.4. The Hall–Kier alpha value is -2.54. The average Bonchev–Trinajstić information content (AvgIpc) is 3.27. The molecule has 2 aromatic rings. The van der Waals surface area contributed by atoms with E-state index in [-0.39, 0.29) is 11.5 Å². The Morgan fingerprint density at radius 1 is 1.45 bits per heavy atom. The van der Waals surface area contributed by atoms with Gasteiger partial charge in [0.1, 0.15) is 0 Å². The number of aromatic amines is 1. The van der Waals surface area contributed by atoms with E-state index in [9.17, 15) is 15.0 Å². The Kier molecular flexibility index (Phi) is 3.72. The number of carbonyl (C=O) groups excluding carboxylic acids is 1. The zero-order chi connectivity index (χ0) is 15.7. The van der Waals surface area contributed by atoms with Crippen molar-refractivity contribution in [3.63, 3.8) is 0 Å². The monoisotopic (exact) mass is 303 g/mol. The first-order valence-corrected chi connectivity index (χ1v) is 6.99. The fourth-order valence-electron chi connectivity index (χ4n) is 2.21. The van der Waals surface area contributed by atoms with Gasteiger partial charge in [-0.2, -0.15) is 5.10 Å². The van der Waals surface area contributed by atoms with Crippen molar-refractivity contribution in [3.8, 4) is 11.5 Å². The van der Waals surface area contributed by atoms with Crippen LogP contribution in [0.1, 0.15) is 36.1 Å². The molecule has 0 saturated heterocycles. The van der Waals surface area contributed by atoms with Crippen LogP contribution >= 0.6 is 0 Å². The van der Waals surface area contributed by atoms with Crippen LogP contribution in [-0.2, 0) is 4.79 Å². The second-order valence-electron chi connectivity index (χ2n) is 5.31. The third-order valence-corrected chi connectivity index (χ3v) is 3.63. The fraction of sp³-hybridized carbons (Fsp3) is 0.333. The number of benzene rings is 1. The second-order valence-corrected chi connectivity index (χ2v) is 5.31. The number of hydrogen-bond donors (Lipinski definition) is 4. The van der Waals surface area contributed by atoms with E-state index in [1.807, 2.05) is 0 Å². The number of rotatable bonds is 5. The number of methoxy groups -OCH3 is 1. The lowest BCUT2D eigenvalue weighted by atomic mass is 10.1. The zero-order valence-electron chi connectivity index (χ0n) is 12.0. The van der Waals surface area contributed by atoms with Gasteiger partial charge in [0.25, 0.3) is 5.91 Å². The highest BCUT2D eigenvalue weighted by Crippen LogP contribution is 2.39. The Labute approximate surface area is 126 Å². The molecule has 7 nitrogen and oxygen atoms in total. The van der Waals surface area contributed by atoms with E-state index in [1.165, 1.54) is 25.3 Å². The van der Waals surface area contributed by atoms with Crippen molar-refractivity contribution in [3.05, 3.63) is 35.5 Å². The summed E-state index contributed by atoms with van der Waals surface area (Å²) in [6.45, 7) is 0. The molecule has 0 spiro atoms. The maximum Gasteiger partial charge on any atom is 0.259 e. The number of nitrogens with zero attached hydrogens (tertiary/aromatic N) is 1. The number of aromatic hydroxyl groups is 1. The smallest absolute Gasteiger partial charge is 0.259 e. The summed E-state index contributed by atoms with van der Waals surface area (Å²) in [5, 5.41) is 29.1. The largest absolute Gasteiger partial charge is 0.504 e. The second kappa shape index (κ2) is 5.69. The molecule has 22 heavy (non-hydrogen) atoms. The third-order valence-electron chi connectivity index (χ3n) is 3.63. The van der Waals surface area contributed by atoms with Gasteiger partial charge in [-0.05, 0) is 30.5 Å². The van der Waals surface area contributed by atoms with Crippen LogP contribution in [0.25, 0.3) is 0 Å². The summed E-state index contributed by atoms with van der Waals surface area (Å²) in [4.78, 5) is 12.1. The molecular formula is C15H17N3O4. The quantitative estimate of drug-likeness (QED) is 0.672. The summed E-state index contributed by atoms with van der Waals surface area (Å²) in [7, 11) is 1.40. The Morgan fingerprint density at radius 2 is 2.23 bits per heavy atom. The molecule has 116 valence electrons. The van der Waals surface area contributed by atoms with Crippen molar-refractivity contribution >= 4 is 11.7 Å². The molecule has 0 aliphatic heterocycles. The van der Waals surface area contributed by atoms with Crippen molar-refractivity contribution < 1.29 is 19.7 Å². The topological polar surface area (TPSA) is 107 Å². The lowest BCUT2D eigenvalue weighted by molar-refractivity contribution is -0.124. The summed E-state index contributed by atoms with van der Waals surface area (Å²) in [6, 6.07) is 6.02. The number of anilines is 1. The van der Waals surface area contributed by atoms with Gasteiger partial charge in [0.2, 0.25) is 0 Å². The predicted octanol–water partition coefficient (Wildman–Crippen LogP) is 1.67. The van der Waals surface area contributed by atoms with Crippen molar-refractivity contribution in [2.45, 2.75) is 24.9 Å². The van der Waals surface area contributed by atoms with Crippen molar-refractivity contribution in [1.29, 1.82) is 0 Å².